The second kappa shape index (κ2) is 4.58. The van der Waals surface area contributed by atoms with Crippen molar-refractivity contribution in [1.29, 1.82) is 0 Å². The van der Waals surface area contributed by atoms with Crippen molar-refractivity contribution in [2.75, 3.05) is 0 Å². The molecule has 1 aromatic rings. The molecule has 1 nitrogen and oxygen atoms in total. The third-order valence-electron chi connectivity index (χ3n) is 1.93. The summed E-state index contributed by atoms with van der Waals surface area (Å²) in [6.45, 7) is 5.67. The molecule has 0 fully saturated rings. The van der Waals surface area contributed by atoms with Gasteiger partial charge in [-0.1, -0.05) is 23.2 Å². The average Bonchev–Trinajstić information content (AvgIpc) is 2.01. The summed E-state index contributed by atoms with van der Waals surface area (Å²) in [7, 11) is 0. The van der Waals surface area contributed by atoms with Crippen LogP contribution in [0, 0.1) is 5.82 Å². The SMILES string of the molecule is C=C(C)C[C@H](N)c1ccc(F)cc1Cl. The average molecular weight is 214 g/mol. The van der Waals surface area contributed by atoms with Gasteiger partial charge in [-0.2, -0.15) is 0 Å². The molecule has 1 rings (SSSR count). The van der Waals surface area contributed by atoms with Crippen LogP contribution in [0.2, 0.25) is 5.02 Å². The maximum absolute atomic E-state index is 12.7. The van der Waals surface area contributed by atoms with Gasteiger partial charge in [-0.05, 0) is 31.0 Å². The molecular formula is C11H13ClFN. The molecule has 0 spiro atoms. The van der Waals surface area contributed by atoms with Gasteiger partial charge in [0.15, 0.2) is 0 Å². The van der Waals surface area contributed by atoms with Gasteiger partial charge in [-0.3, -0.25) is 0 Å². The van der Waals surface area contributed by atoms with Crippen LogP contribution < -0.4 is 5.73 Å². The summed E-state index contributed by atoms with van der Waals surface area (Å²) in [6, 6.07) is 4.04. The molecule has 2 N–H and O–H groups in total. The second-order valence-corrected chi connectivity index (χ2v) is 3.84. The lowest BCUT2D eigenvalue weighted by Gasteiger charge is -2.13. The number of hydrogen-bond donors (Lipinski definition) is 1. The summed E-state index contributed by atoms with van der Waals surface area (Å²) >= 11 is 5.86. The van der Waals surface area contributed by atoms with Crippen molar-refractivity contribution in [1.82, 2.24) is 0 Å². The minimum Gasteiger partial charge on any atom is -0.324 e. The molecule has 0 bridgehead atoms. The minimum absolute atomic E-state index is 0.208. The van der Waals surface area contributed by atoms with Gasteiger partial charge in [-0.15, -0.1) is 6.58 Å². The fourth-order valence-corrected chi connectivity index (χ4v) is 1.59. The standard InChI is InChI=1S/C11H13ClFN/c1-7(2)5-11(14)9-4-3-8(13)6-10(9)12/h3-4,6,11H,1,5,14H2,2H3/t11-/m0/s1. The molecule has 0 radical (unpaired) electrons. The van der Waals surface area contributed by atoms with Crippen LogP contribution in [0.25, 0.3) is 0 Å². The summed E-state index contributed by atoms with van der Waals surface area (Å²) < 4.78 is 12.7. The maximum Gasteiger partial charge on any atom is 0.124 e. The van der Waals surface area contributed by atoms with E-state index in [-0.39, 0.29) is 11.9 Å². The second-order valence-electron chi connectivity index (χ2n) is 3.43. The van der Waals surface area contributed by atoms with Gasteiger partial charge in [0.1, 0.15) is 5.82 Å². The van der Waals surface area contributed by atoms with Gasteiger partial charge in [0.25, 0.3) is 0 Å². The zero-order chi connectivity index (χ0) is 10.7. The van der Waals surface area contributed by atoms with Crippen molar-refractivity contribution in [3.63, 3.8) is 0 Å². The maximum atomic E-state index is 12.7. The third kappa shape index (κ3) is 2.82. The van der Waals surface area contributed by atoms with E-state index in [1.54, 1.807) is 6.07 Å². The van der Waals surface area contributed by atoms with E-state index in [1.807, 2.05) is 6.92 Å². The molecular weight excluding hydrogens is 201 g/mol. The minimum atomic E-state index is -0.346. The van der Waals surface area contributed by atoms with Gasteiger partial charge < -0.3 is 5.73 Å². The van der Waals surface area contributed by atoms with Crippen LogP contribution >= 0.6 is 11.6 Å². The largest absolute Gasteiger partial charge is 0.324 e. The first kappa shape index (κ1) is 11.2. The molecule has 0 saturated heterocycles. The molecule has 1 atom stereocenters. The summed E-state index contributed by atoms with van der Waals surface area (Å²) in [5, 5.41) is 0.374. The smallest absolute Gasteiger partial charge is 0.124 e. The molecule has 0 aliphatic carbocycles. The Morgan fingerprint density at radius 3 is 2.79 bits per heavy atom. The van der Waals surface area contributed by atoms with E-state index < -0.39 is 0 Å². The molecule has 0 aliphatic heterocycles. The number of rotatable bonds is 3. The first-order chi connectivity index (χ1) is 6.50. The van der Waals surface area contributed by atoms with Gasteiger partial charge in [0.2, 0.25) is 0 Å². The van der Waals surface area contributed by atoms with Crippen molar-refractivity contribution in [2.45, 2.75) is 19.4 Å². The van der Waals surface area contributed by atoms with E-state index in [9.17, 15) is 4.39 Å². The Hall–Kier alpha value is -0.860. The van der Waals surface area contributed by atoms with E-state index in [1.165, 1.54) is 12.1 Å². The number of nitrogens with two attached hydrogens (primary N) is 1. The Balaban J connectivity index is 2.90. The summed E-state index contributed by atoms with van der Waals surface area (Å²) in [6.07, 6.45) is 0.658. The molecule has 0 unspecified atom stereocenters. The normalized spacial score (nSPS) is 12.6. The van der Waals surface area contributed by atoms with Crippen molar-refractivity contribution in [2.24, 2.45) is 5.73 Å². The molecule has 0 aromatic heterocycles. The van der Waals surface area contributed by atoms with E-state index >= 15 is 0 Å². The van der Waals surface area contributed by atoms with Crippen LogP contribution in [0.1, 0.15) is 24.9 Å². The monoisotopic (exact) mass is 213 g/mol. The predicted octanol–water partition coefficient (Wildman–Crippen LogP) is 3.45. The fourth-order valence-electron chi connectivity index (χ4n) is 1.29. The van der Waals surface area contributed by atoms with E-state index in [0.717, 1.165) is 11.1 Å². The fraction of sp³-hybridized carbons (Fsp3) is 0.273. The highest BCUT2D eigenvalue weighted by atomic mass is 35.5. The van der Waals surface area contributed by atoms with Crippen LogP contribution in [0.3, 0.4) is 0 Å². The van der Waals surface area contributed by atoms with Gasteiger partial charge >= 0.3 is 0 Å². The zero-order valence-corrected chi connectivity index (χ0v) is 8.81. The highest BCUT2D eigenvalue weighted by Gasteiger charge is 2.10. The number of hydrogen-bond acceptors (Lipinski definition) is 1. The highest BCUT2D eigenvalue weighted by Crippen LogP contribution is 2.25. The zero-order valence-electron chi connectivity index (χ0n) is 8.06. The first-order valence-electron chi connectivity index (χ1n) is 4.35. The van der Waals surface area contributed by atoms with Crippen LogP contribution in [0.4, 0.5) is 4.39 Å². The van der Waals surface area contributed by atoms with Crippen molar-refractivity contribution in [3.8, 4) is 0 Å². The topological polar surface area (TPSA) is 26.0 Å². The number of benzene rings is 1. The lowest BCUT2D eigenvalue weighted by atomic mass is 10.0. The van der Waals surface area contributed by atoms with E-state index in [2.05, 4.69) is 6.58 Å². The summed E-state index contributed by atoms with van der Waals surface area (Å²) in [5.41, 5.74) is 7.62. The van der Waals surface area contributed by atoms with E-state index in [0.29, 0.717) is 11.4 Å². The summed E-state index contributed by atoms with van der Waals surface area (Å²) in [5.74, 6) is -0.346. The van der Waals surface area contributed by atoms with Crippen LogP contribution in [0.15, 0.2) is 30.4 Å². The number of halogens is 2. The van der Waals surface area contributed by atoms with Crippen LogP contribution in [0.5, 0.6) is 0 Å². The molecule has 0 aliphatic rings. The Bertz CT molecular complexity index is 349. The third-order valence-corrected chi connectivity index (χ3v) is 2.26. The molecule has 3 heteroatoms. The van der Waals surface area contributed by atoms with E-state index in [4.69, 9.17) is 17.3 Å². The van der Waals surface area contributed by atoms with Crippen LogP contribution in [-0.4, -0.2) is 0 Å². The molecule has 0 saturated carbocycles. The van der Waals surface area contributed by atoms with Gasteiger partial charge in [0.05, 0.1) is 0 Å². The Kier molecular flexibility index (Phi) is 3.67. The Morgan fingerprint density at radius 1 is 1.64 bits per heavy atom. The Morgan fingerprint density at radius 2 is 2.29 bits per heavy atom. The van der Waals surface area contributed by atoms with Crippen molar-refractivity contribution < 1.29 is 4.39 Å². The molecule has 76 valence electrons. The van der Waals surface area contributed by atoms with Gasteiger partial charge in [-0.25, -0.2) is 4.39 Å². The van der Waals surface area contributed by atoms with Crippen molar-refractivity contribution >= 4 is 11.6 Å². The Labute approximate surface area is 88.4 Å². The van der Waals surface area contributed by atoms with Gasteiger partial charge in [0, 0.05) is 11.1 Å². The highest BCUT2D eigenvalue weighted by molar-refractivity contribution is 6.31. The quantitative estimate of drug-likeness (QED) is 0.765. The summed E-state index contributed by atoms with van der Waals surface area (Å²) in [4.78, 5) is 0. The predicted molar refractivity (Wildman–Crippen MR) is 57.8 cm³/mol. The molecule has 14 heavy (non-hydrogen) atoms. The van der Waals surface area contributed by atoms with Crippen molar-refractivity contribution in [3.05, 3.63) is 46.8 Å². The first-order valence-corrected chi connectivity index (χ1v) is 4.73. The lowest BCUT2D eigenvalue weighted by molar-refractivity contribution is 0.624. The molecule has 0 heterocycles. The molecule has 0 amide bonds. The molecule has 1 aromatic carbocycles. The van der Waals surface area contributed by atoms with Crippen LogP contribution in [-0.2, 0) is 0 Å². The lowest BCUT2D eigenvalue weighted by Crippen LogP contribution is -2.11.